The van der Waals surface area contributed by atoms with Crippen molar-refractivity contribution in [2.75, 3.05) is 19.1 Å². The number of benzene rings is 1. The Morgan fingerprint density at radius 2 is 2.00 bits per heavy atom. The first-order chi connectivity index (χ1) is 9.56. The van der Waals surface area contributed by atoms with Gasteiger partial charge in [0.15, 0.2) is 4.32 Å². The second-order valence-electron chi connectivity index (χ2n) is 5.02. The lowest BCUT2D eigenvalue weighted by Gasteiger charge is -2.28. The van der Waals surface area contributed by atoms with Crippen molar-refractivity contribution < 1.29 is 0 Å². The van der Waals surface area contributed by atoms with Crippen LogP contribution in [0.25, 0.3) is 10.9 Å². The predicted octanol–water partition coefficient (Wildman–Crippen LogP) is 3.94. The molecular weight excluding hydrogens is 286 g/mol. The van der Waals surface area contributed by atoms with E-state index in [1.165, 1.54) is 23.7 Å². The summed E-state index contributed by atoms with van der Waals surface area (Å²) in [6.07, 6.45) is 4.53. The molecule has 0 aliphatic rings. The van der Waals surface area contributed by atoms with Crippen LogP contribution in [0.3, 0.4) is 0 Å². The number of aryl methyl sites for hydroxylation is 1. The highest BCUT2D eigenvalue weighted by molar-refractivity contribution is 8.11. The number of thiocarbonyl (C=S) groups is 1. The van der Waals surface area contributed by atoms with Crippen LogP contribution in [-0.4, -0.2) is 28.0 Å². The van der Waals surface area contributed by atoms with E-state index in [2.05, 4.69) is 54.6 Å². The van der Waals surface area contributed by atoms with E-state index in [9.17, 15) is 0 Å². The van der Waals surface area contributed by atoms with Gasteiger partial charge in [0.05, 0.1) is 11.2 Å². The third kappa shape index (κ3) is 3.00. The molecule has 2 aromatic rings. The molecule has 3 nitrogen and oxygen atoms in total. The Balaban J connectivity index is 2.55. The zero-order chi connectivity index (χ0) is 14.7. The van der Waals surface area contributed by atoms with Gasteiger partial charge in [-0.25, -0.2) is 5.01 Å². The molecule has 0 amide bonds. The van der Waals surface area contributed by atoms with Crippen molar-refractivity contribution in [3.8, 4) is 0 Å². The monoisotopic (exact) mass is 307 g/mol. The Hall–Kier alpha value is -1.04. The summed E-state index contributed by atoms with van der Waals surface area (Å²) in [5.41, 5.74) is 2.33. The SMILES string of the molecule is CCCCn1cc(N(C(=S)S)N(C)C)c2ccccc21. The third-order valence-corrected chi connectivity index (χ3v) is 3.69. The zero-order valence-electron chi connectivity index (χ0n) is 12.2. The molecular formula is C15H21N3S2. The molecule has 1 aromatic carbocycles. The minimum Gasteiger partial charge on any atom is -0.345 e. The van der Waals surface area contributed by atoms with Gasteiger partial charge in [0.2, 0.25) is 0 Å². The zero-order valence-corrected chi connectivity index (χ0v) is 13.9. The third-order valence-electron chi connectivity index (χ3n) is 3.33. The second kappa shape index (κ2) is 6.61. The highest BCUT2D eigenvalue weighted by Crippen LogP contribution is 2.30. The summed E-state index contributed by atoms with van der Waals surface area (Å²) < 4.78 is 2.85. The van der Waals surface area contributed by atoms with E-state index in [1.807, 2.05) is 24.1 Å². The average Bonchev–Trinajstić information content (AvgIpc) is 2.75. The lowest BCUT2D eigenvalue weighted by atomic mass is 10.2. The minimum absolute atomic E-state index is 0.549. The molecule has 1 heterocycles. The molecule has 0 bridgehead atoms. The van der Waals surface area contributed by atoms with Crippen LogP contribution in [0.4, 0.5) is 5.69 Å². The van der Waals surface area contributed by atoms with Crippen molar-refractivity contribution in [3.63, 3.8) is 0 Å². The number of anilines is 1. The van der Waals surface area contributed by atoms with E-state index in [0.717, 1.165) is 12.2 Å². The van der Waals surface area contributed by atoms with Gasteiger partial charge in [-0.15, -0.1) is 12.6 Å². The van der Waals surface area contributed by atoms with Crippen LogP contribution < -0.4 is 5.01 Å². The summed E-state index contributed by atoms with van der Waals surface area (Å²) in [6, 6.07) is 8.43. The normalized spacial score (nSPS) is 11.2. The molecule has 2 rings (SSSR count). The van der Waals surface area contributed by atoms with Gasteiger partial charge in [-0.3, -0.25) is 5.01 Å². The molecule has 0 aliphatic carbocycles. The lowest BCUT2D eigenvalue weighted by molar-refractivity contribution is 0.434. The van der Waals surface area contributed by atoms with Crippen LogP contribution >= 0.6 is 24.8 Å². The molecule has 0 atom stereocenters. The van der Waals surface area contributed by atoms with Crippen molar-refractivity contribution in [2.24, 2.45) is 0 Å². The number of thiol groups is 1. The van der Waals surface area contributed by atoms with E-state index in [4.69, 9.17) is 12.2 Å². The van der Waals surface area contributed by atoms with E-state index in [-0.39, 0.29) is 0 Å². The van der Waals surface area contributed by atoms with Crippen LogP contribution in [0, 0.1) is 0 Å². The van der Waals surface area contributed by atoms with E-state index < -0.39 is 0 Å². The Bertz CT molecular complexity index is 604. The second-order valence-corrected chi connectivity index (χ2v) is 6.13. The van der Waals surface area contributed by atoms with Gasteiger partial charge in [-0.05, 0) is 12.5 Å². The summed E-state index contributed by atoms with van der Waals surface area (Å²) in [7, 11) is 3.95. The molecule has 0 aliphatic heterocycles. The van der Waals surface area contributed by atoms with E-state index in [1.54, 1.807) is 0 Å². The molecule has 0 unspecified atom stereocenters. The Morgan fingerprint density at radius 1 is 1.30 bits per heavy atom. The van der Waals surface area contributed by atoms with Crippen LogP contribution in [0.15, 0.2) is 30.5 Å². The Kier molecular flexibility index (Phi) is 5.07. The standard InChI is InChI=1S/C15H21N3S2/c1-4-5-10-17-11-14(18(15(19)20)16(2)3)12-8-6-7-9-13(12)17/h6-9,11H,4-5,10H2,1-3H3,(H,19,20). The fraction of sp³-hybridized carbons (Fsp3) is 0.400. The summed E-state index contributed by atoms with van der Waals surface area (Å²) in [5.74, 6) is 0. The minimum atomic E-state index is 0.549. The lowest BCUT2D eigenvalue weighted by Crippen LogP contribution is -2.38. The van der Waals surface area contributed by atoms with Gasteiger partial charge < -0.3 is 4.57 Å². The average molecular weight is 307 g/mol. The van der Waals surface area contributed by atoms with E-state index in [0.29, 0.717) is 4.32 Å². The molecule has 0 saturated heterocycles. The van der Waals surface area contributed by atoms with Crippen LogP contribution in [0.2, 0.25) is 0 Å². The maximum atomic E-state index is 5.27. The molecule has 20 heavy (non-hydrogen) atoms. The topological polar surface area (TPSA) is 11.4 Å². The maximum absolute atomic E-state index is 5.27. The number of aromatic nitrogens is 1. The number of para-hydroxylation sites is 1. The number of unbranched alkanes of at least 4 members (excludes halogenated alkanes) is 1. The van der Waals surface area contributed by atoms with Crippen LogP contribution in [0.1, 0.15) is 19.8 Å². The van der Waals surface area contributed by atoms with Crippen LogP contribution in [-0.2, 0) is 6.54 Å². The molecule has 0 saturated carbocycles. The summed E-state index contributed by atoms with van der Waals surface area (Å²) in [5, 5.41) is 5.11. The molecule has 0 radical (unpaired) electrons. The van der Waals surface area contributed by atoms with Crippen molar-refractivity contribution in [2.45, 2.75) is 26.3 Å². The molecule has 1 aromatic heterocycles. The first kappa shape index (κ1) is 15.4. The van der Waals surface area contributed by atoms with Crippen molar-refractivity contribution >= 4 is 45.8 Å². The predicted molar refractivity (Wildman–Crippen MR) is 94.6 cm³/mol. The first-order valence-electron chi connectivity index (χ1n) is 6.84. The summed E-state index contributed by atoms with van der Waals surface area (Å²) in [6.45, 7) is 3.24. The molecule has 0 spiro atoms. The highest BCUT2D eigenvalue weighted by Gasteiger charge is 2.18. The number of hydrazine groups is 1. The van der Waals surface area contributed by atoms with Gasteiger partial charge in [0.1, 0.15) is 0 Å². The maximum Gasteiger partial charge on any atom is 0.152 e. The van der Waals surface area contributed by atoms with Gasteiger partial charge >= 0.3 is 0 Å². The largest absolute Gasteiger partial charge is 0.345 e. The fourth-order valence-corrected chi connectivity index (χ4v) is 2.95. The molecule has 5 heteroatoms. The van der Waals surface area contributed by atoms with Crippen LogP contribution in [0.5, 0.6) is 0 Å². The van der Waals surface area contributed by atoms with Gasteiger partial charge in [-0.2, -0.15) is 0 Å². The first-order valence-corrected chi connectivity index (χ1v) is 7.70. The van der Waals surface area contributed by atoms with Crippen molar-refractivity contribution in [3.05, 3.63) is 30.5 Å². The van der Waals surface area contributed by atoms with Gasteiger partial charge in [-0.1, -0.05) is 43.8 Å². The summed E-state index contributed by atoms with van der Waals surface area (Å²) in [4.78, 5) is 0. The molecule has 0 fully saturated rings. The smallest absolute Gasteiger partial charge is 0.152 e. The number of hydrogen-bond acceptors (Lipinski definition) is 2. The fourth-order valence-electron chi connectivity index (χ4n) is 2.40. The summed E-state index contributed by atoms with van der Waals surface area (Å²) >= 11 is 9.63. The quantitative estimate of drug-likeness (QED) is 0.510. The van der Waals surface area contributed by atoms with Crippen molar-refractivity contribution in [1.82, 2.24) is 9.58 Å². The highest BCUT2D eigenvalue weighted by atomic mass is 32.1. The van der Waals surface area contributed by atoms with Gasteiger partial charge in [0.25, 0.3) is 0 Å². The van der Waals surface area contributed by atoms with Gasteiger partial charge in [0, 0.05) is 32.2 Å². The Morgan fingerprint density at radius 3 is 2.60 bits per heavy atom. The number of rotatable bonds is 5. The Labute approximate surface area is 131 Å². The number of nitrogens with zero attached hydrogens (tertiary/aromatic N) is 3. The number of hydrogen-bond donors (Lipinski definition) is 1. The van der Waals surface area contributed by atoms with E-state index >= 15 is 0 Å². The molecule has 0 N–H and O–H groups in total. The molecule has 108 valence electrons. The number of fused-ring (bicyclic) bond motifs is 1. The van der Waals surface area contributed by atoms with Crippen molar-refractivity contribution in [1.29, 1.82) is 0 Å².